The molecular formula is C21H20ClN3O. The number of para-hydroxylation sites is 1. The van der Waals surface area contributed by atoms with Crippen molar-refractivity contribution in [2.75, 3.05) is 0 Å². The second-order valence-corrected chi connectivity index (χ2v) is 6.59. The molecule has 132 valence electrons. The highest BCUT2D eigenvalue weighted by Gasteiger charge is 2.11. The van der Waals surface area contributed by atoms with Gasteiger partial charge in [0.25, 0.3) is 5.91 Å². The Balaban J connectivity index is 1.81. The second kappa shape index (κ2) is 7.58. The third-order valence-electron chi connectivity index (χ3n) is 4.28. The predicted molar refractivity (Wildman–Crippen MR) is 106 cm³/mol. The molecule has 0 bridgehead atoms. The summed E-state index contributed by atoms with van der Waals surface area (Å²) < 4.78 is 2.19. The van der Waals surface area contributed by atoms with Crippen molar-refractivity contribution in [2.45, 2.75) is 20.8 Å². The molecule has 0 saturated heterocycles. The molecule has 0 atom stereocenters. The van der Waals surface area contributed by atoms with E-state index in [1.54, 1.807) is 30.5 Å². The van der Waals surface area contributed by atoms with Crippen LogP contribution in [0.3, 0.4) is 0 Å². The number of hydrogen-bond donors (Lipinski definition) is 1. The van der Waals surface area contributed by atoms with Crippen LogP contribution in [0.1, 0.15) is 32.9 Å². The summed E-state index contributed by atoms with van der Waals surface area (Å²) >= 11 is 5.91. The van der Waals surface area contributed by atoms with Crippen LogP contribution in [0, 0.1) is 20.8 Å². The van der Waals surface area contributed by atoms with E-state index in [9.17, 15) is 4.79 Å². The highest BCUT2D eigenvalue weighted by atomic mass is 35.5. The molecule has 1 heterocycles. The summed E-state index contributed by atoms with van der Waals surface area (Å²) in [5.41, 5.74) is 8.49. The van der Waals surface area contributed by atoms with Gasteiger partial charge in [-0.25, -0.2) is 5.43 Å². The topological polar surface area (TPSA) is 46.4 Å². The Labute approximate surface area is 158 Å². The molecule has 26 heavy (non-hydrogen) atoms. The molecule has 4 nitrogen and oxygen atoms in total. The van der Waals surface area contributed by atoms with E-state index in [1.807, 2.05) is 19.1 Å². The fraction of sp³-hybridized carbons (Fsp3) is 0.143. The molecule has 3 rings (SSSR count). The van der Waals surface area contributed by atoms with Crippen LogP contribution >= 0.6 is 11.6 Å². The Hall–Kier alpha value is -2.85. The molecule has 0 spiro atoms. The van der Waals surface area contributed by atoms with Crippen molar-refractivity contribution in [1.29, 1.82) is 0 Å². The summed E-state index contributed by atoms with van der Waals surface area (Å²) in [6.45, 7) is 6.19. The zero-order valence-electron chi connectivity index (χ0n) is 15.0. The number of carbonyl (C=O) groups excluding carboxylic acids is 1. The molecular weight excluding hydrogens is 346 g/mol. The fourth-order valence-corrected chi connectivity index (χ4v) is 3.15. The van der Waals surface area contributed by atoms with Crippen LogP contribution in [-0.2, 0) is 0 Å². The van der Waals surface area contributed by atoms with Gasteiger partial charge in [-0.15, -0.1) is 0 Å². The van der Waals surface area contributed by atoms with E-state index in [2.05, 4.69) is 47.1 Å². The van der Waals surface area contributed by atoms with Gasteiger partial charge in [-0.05, 0) is 56.7 Å². The number of halogens is 1. The minimum absolute atomic E-state index is 0.295. The number of aromatic nitrogens is 1. The lowest BCUT2D eigenvalue weighted by Crippen LogP contribution is -2.17. The van der Waals surface area contributed by atoms with Crippen molar-refractivity contribution < 1.29 is 4.79 Å². The van der Waals surface area contributed by atoms with Gasteiger partial charge in [0.2, 0.25) is 0 Å². The van der Waals surface area contributed by atoms with Gasteiger partial charge in [-0.2, -0.15) is 5.10 Å². The SMILES string of the molecule is Cc1ccccc1-n1c(C)cc(/C=N\NC(=O)c2cccc(Cl)c2)c1C. The van der Waals surface area contributed by atoms with E-state index < -0.39 is 0 Å². The zero-order valence-corrected chi connectivity index (χ0v) is 15.7. The first-order chi connectivity index (χ1) is 12.5. The Kier molecular flexibility index (Phi) is 5.24. The van der Waals surface area contributed by atoms with Gasteiger partial charge in [-0.3, -0.25) is 4.79 Å². The minimum atomic E-state index is -0.295. The normalized spacial score (nSPS) is 11.1. The van der Waals surface area contributed by atoms with Gasteiger partial charge in [-0.1, -0.05) is 35.9 Å². The van der Waals surface area contributed by atoms with Gasteiger partial charge in [0.1, 0.15) is 0 Å². The quantitative estimate of drug-likeness (QED) is 0.523. The van der Waals surface area contributed by atoms with E-state index in [4.69, 9.17) is 11.6 Å². The largest absolute Gasteiger partial charge is 0.318 e. The molecule has 0 aliphatic carbocycles. The number of benzene rings is 2. The molecule has 0 aliphatic rings. The summed E-state index contributed by atoms with van der Waals surface area (Å²) in [5, 5.41) is 4.62. The standard InChI is InChI=1S/C21H20ClN3O/c1-14-7-4-5-10-20(14)25-15(2)11-18(16(25)3)13-23-24-21(26)17-8-6-9-19(22)12-17/h4-13H,1-3H3,(H,24,26)/b23-13-. The van der Waals surface area contributed by atoms with E-state index in [0.29, 0.717) is 10.6 Å². The average Bonchev–Trinajstić information content (AvgIpc) is 2.89. The first-order valence-corrected chi connectivity index (χ1v) is 8.69. The molecule has 1 N–H and O–H groups in total. The lowest BCUT2D eigenvalue weighted by atomic mass is 10.2. The zero-order chi connectivity index (χ0) is 18.7. The van der Waals surface area contributed by atoms with E-state index in [0.717, 1.165) is 22.6 Å². The smallest absolute Gasteiger partial charge is 0.271 e. The van der Waals surface area contributed by atoms with Crippen LogP contribution in [0.5, 0.6) is 0 Å². The maximum atomic E-state index is 12.1. The summed E-state index contributed by atoms with van der Waals surface area (Å²) in [5.74, 6) is -0.295. The molecule has 3 aromatic rings. The maximum Gasteiger partial charge on any atom is 0.271 e. The Bertz CT molecular complexity index is 989. The molecule has 0 radical (unpaired) electrons. The number of hydrogen-bond acceptors (Lipinski definition) is 2. The highest BCUT2D eigenvalue weighted by Crippen LogP contribution is 2.22. The van der Waals surface area contributed by atoms with E-state index in [1.165, 1.54) is 5.56 Å². The lowest BCUT2D eigenvalue weighted by Gasteiger charge is -2.12. The molecule has 0 saturated carbocycles. The van der Waals surface area contributed by atoms with Crippen LogP contribution in [0.15, 0.2) is 59.7 Å². The molecule has 0 fully saturated rings. The number of nitrogens with zero attached hydrogens (tertiary/aromatic N) is 2. The summed E-state index contributed by atoms with van der Waals surface area (Å²) in [6, 6.07) is 17.1. The number of carbonyl (C=O) groups is 1. The van der Waals surface area contributed by atoms with Crippen molar-refractivity contribution in [3.05, 3.63) is 87.7 Å². The number of hydrazone groups is 1. The van der Waals surface area contributed by atoms with Crippen molar-refractivity contribution >= 4 is 23.7 Å². The van der Waals surface area contributed by atoms with Gasteiger partial charge >= 0.3 is 0 Å². The molecule has 2 aromatic carbocycles. The number of rotatable bonds is 4. The van der Waals surface area contributed by atoms with E-state index >= 15 is 0 Å². The Morgan fingerprint density at radius 2 is 1.85 bits per heavy atom. The lowest BCUT2D eigenvalue weighted by molar-refractivity contribution is 0.0955. The average molecular weight is 366 g/mol. The van der Waals surface area contributed by atoms with Crippen LogP contribution < -0.4 is 5.43 Å². The Morgan fingerprint density at radius 1 is 1.08 bits per heavy atom. The van der Waals surface area contributed by atoms with Crippen molar-refractivity contribution in [3.8, 4) is 5.69 Å². The summed E-state index contributed by atoms with van der Waals surface area (Å²) in [4.78, 5) is 12.1. The fourth-order valence-electron chi connectivity index (χ4n) is 2.96. The Morgan fingerprint density at radius 3 is 2.58 bits per heavy atom. The number of aryl methyl sites for hydroxylation is 2. The predicted octanol–water partition coefficient (Wildman–Crippen LogP) is 4.82. The molecule has 0 aliphatic heterocycles. The number of amides is 1. The molecule has 5 heteroatoms. The van der Waals surface area contributed by atoms with Crippen molar-refractivity contribution in [3.63, 3.8) is 0 Å². The maximum absolute atomic E-state index is 12.1. The molecule has 1 amide bonds. The summed E-state index contributed by atoms with van der Waals surface area (Å²) in [6.07, 6.45) is 1.67. The summed E-state index contributed by atoms with van der Waals surface area (Å²) in [7, 11) is 0. The van der Waals surface area contributed by atoms with Crippen molar-refractivity contribution in [1.82, 2.24) is 9.99 Å². The van der Waals surface area contributed by atoms with Crippen LogP contribution in [0.25, 0.3) is 5.69 Å². The van der Waals surface area contributed by atoms with Gasteiger partial charge in [0.15, 0.2) is 0 Å². The van der Waals surface area contributed by atoms with E-state index in [-0.39, 0.29) is 5.91 Å². The first kappa shape index (κ1) is 18.0. The van der Waals surface area contributed by atoms with Gasteiger partial charge < -0.3 is 4.57 Å². The van der Waals surface area contributed by atoms with Crippen LogP contribution in [-0.4, -0.2) is 16.7 Å². The molecule has 0 unspecified atom stereocenters. The third kappa shape index (κ3) is 3.70. The number of nitrogens with one attached hydrogen (secondary N) is 1. The molecule has 1 aromatic heterocycles. The van der Waals surface area contributed by atoms with Gasteiger partial charge in [0, 0.05) is 33.2 Å². The first-order valence-electron chi connectivity index (χ1n) is 8.31. The van der Waals surface area contributed by atoms with Crippen molar-refractivity contribution in [2.24, 2.45) is 5.10 Å². The monoisotopic (exact) mass is 365 g/mol. The minimum Gasteiger partial charge on any atom is -0.318 e. The van der Waals surface area contributed by atoms with Crippen LogP contribution in [0.4, 0.5) is 0 Å². The highest BCUT2D eigenvalue weighted by molar-refractivity contribution is 6.30. The van der Waals surface area contributed by atoms with Crippen LogP contribution in [0.2, 0.25) is 5.02 Å². The second-order valence-electron chi connectivity index (χ2n) is 6.16. The third-order valence-corrected chi connectivity index (χ3v) is 4.52. The van der Waals surface area contributed by atoms with Gasteiger partial charge in [0.05, 0.1) is 6.21 Å².